The number of benzene rings is 9. The summed E-state index contributed by atoms with van der Waals surface area (Å²) < 4.78 is 64.6. The number of methoxy groups -OCH3 is 2. The molecule has 4 unspecified atom stereocenters. The Bertz CT molecular complexity index is 6630. The maximum absolute atomic E-state index is 12.3. The van der Waals surface area contributed by atoms with E-state index in [1.54, 1.807) is 0 Å². The first-order chi connectivity index (χ1) is 70.1. The number of aliphatic hydroxyl groups is 1. The van der Waals surface area contributed by atoms with Crippen LogP contribution in [0.5, 0.6) is 0 Å². The average Bonchev–Trinajstić information content (AvgIpc) is 1.79. The predicted molar refractivity (Wildman–Crippen MR) is 593 cm³/mol. The van der Waals surface area contributed by atoms with Gasteiger partial charge in [-0.1, -0.05) is 229 Å². The van der Waals surface area contributed by atoms with Crippen molar-refractivity contribution in [3.05, 3.63) is 335 Å². The first-order valence-corrected chi connectivity index (χ1v) is 55.6. The molecule has 774 valence electrons. The van der Waals surface area contributed by atoms with Gasteiger partial charge in [0.1, 0.15) is 6.10 Å². The number of aromatic nitrogens is 3. The van der Waals surface area contributed by atoms with Crippen molar-refractivity contribution >= 4 is 175 Å². The molecule has 0 radical (unpaired) electrons. The minimum Gasteiger partial charge on any atom is -1.00 e. The molecule has 17 rings (SSSR count). The molecule has 0 bridgehead atoms. The summed E-state index contributed by atoms with van der Waals surface area (Å²) >= 11 is 26.5. The number of aryl methyl sites for hydroxylation is 3. The van der Waals surface area contributed by atoms with Crippen LogP contribution in [0.25, 0.3) is 69.2 Å². The molecule has 7 atom stereocenters. The van der Waals surface area contributed by atoms with E-state index in [2.05, 4.69) is 171 Å². The van der Waals surface area contributed by atoms with Gasteiger partial charge in [0, 0.05) is 72.9 Å². The third kappa shape index (κ3) is 39.1. The molecule has 12 aromatic rings. The topological polar surface area (TPSA) is 278 Å². The smallest absolute Gasteiger partial charge is 1.00 e. The number of rotatable bonds is 41. The Morgan fingerprint density at radius 2 is 0.885 bits per heavy atom. The van der Waals surface area contributed by atoms with Gasteiger partial charge in [-0.25, -0.2) is 15.0 Å². The van der Waals surface area contributed by atoms with E-state index in [0.29, 0.717) is 52.6 Å². The number of carbonyl (C=O) groups excluding carboxylic acids is 3. The van der Waals surface area contributed by atoms with E-state index in [-0.39, 0.29) is 198 Å². The predicted octanol–water partition coefficient (Wildman–Crippen LogP) is 21.7. The van der Waals surface area contributed by atoms with Crippen LogP contribution < -0.4 is 143 Å². The number of pyridine rings is 3. The second-order valence-corrected chi connectivity index (χ2v) is 45.5. The van der Waals surface area contributed by atoms with Crippen molar-refractivity contribution in [1.82, 2.24) is 15.0 Å². The minimum atomic E-state index is -3.71. The zero-order valence-electron chi connectivity index (χ0n) is 87.4. The van der Waals surface area contributed by atoms with Gasteiger partial charge in [-0.2, -0.15) is 44.6 Å². The van der Waals surface area contributed by atoms with Crippen LogP contribution in [0.1, 0.15) is 253 Å². The summed E-state index contributed by atoms with van der Waals surface area (Å²) in [6.07, 6.45) is 29.7. The molecule has 0 amide bonds. The van der Waals surface area contributed by atoms with E-state index in [1.807, 2.05) is 189 Å². The van der Waals surface area contributed by atoms with Crippen LogP contribution in [0, 0.1) is 22.7 Å². The molecule has 0 spiro atoms. The number of aliphatic carboxylic acids is 1. The molecule has 29 heteroatoms. The summed E-state index contributed by atoms with van der Waals surface area (Å²) in [5.74, 6) is 2.99. The second-order valence-electron chi connectivity index (χ2n) is 39.8. The van der Waals surface area contributed by atoms with Gasteiger partial charge < -0.3 is 50.2 Å². The Labute approximate surface area is 1020 Å². The van der Waals surface area contributed by atoms with Gasteiger partial charge in [0.25, 0.3) is 16.6 Å². The third-order valence-electron chi connectivity index (χ3n) is 27.0. The van der Waals surface area contributed by atoms with Crippen LogP contribution in [0.2, 0.25) is 15.1 Å². The Balaban J connectivity index is 0.000000212. The summed E-state index contributed by atoms with van der Waals surface area (Å²) in [7, 11) is -0.790. The monoisotopic (exact) mass is 2380 g/mol. The Morgan fingerprint density at radius 3 is 1.25 bits per heavy atom. The van der Waals surface area contributed by atoms with Crippen LogP contribution in [0.3, 0.4) is 0 Å². The third-order valence-corrected chi connectivity index (χ3v) is 32.2. The molecule has 2 N–H and O–H groups in total. The van der Waals surface area contributed by atoms with Crippen molar-refractivity contribution in [3.63, 3.8) is 0 Å². The van der Waals surface area contributed by atoms with E-state index >= 15 is 0 Å². The Kier molecular flexibility index (Phi) is 48.9. The molecule has 5 fully saturated rings. The number of thioether (sulfide) groups is 2. The molecule has 3 aliphatic carbocycles. The van der Waals surface area contributed by atoms with E-state index < -0.39 is 39.0 Å². The van der Waals surface area contributed by atoms with E-state index in [9.17, 15) is 33.0 Å². The maximum Gasteiger partial charge on any atom is 1.00 e. The van der Waals surface area contributed by atoms with Gasteiger partial charge in [-0.3, -0.25) is 23.4 Å². The molecule has 2 saturated heterocycles. The van der Waals surface area contributed by atoms with Crippen LogP contribution in [0.4, 0.5) is 0 Å². The molecule has 3 aromatic heterocycles. The number of hydrogen-bond acceptors (Lipinski definition) is 22. The number of halogens is 3. The van der Waals surface area contributed by atoms with Crippen molar-refractivity contribution in [2.45, 2.75) is 216 Å². The summed E-state index contributed by atoms with van der Waals surface area (Å²) in [5.41, 5.74) is 16.3. The molecular formula is C119H134Cl3Cs2N3O17S4. The Morgan fingerprint density at radius 1 is 0.507 bits per heavy atom. The zero-order valence-corrected chi connectivity index (χ0v) is 105. The van der Waals surface area contributed by atoms with Crippen molar-refractivity contribution in [2.24, 2.45) is 22.7 Å². The zero-order chi connectivity index (χ0) is 104. The number of ether oxygens (including phenoxy) is 6. The summed E-state index contributed by atoms with van der Waals surface area (Å²) in [5, 5.41) is 34.2. The largest absolute Gasteiger partial charge is 1.00 e. The summed E-state index contributed by atoms with van der Waals surface area (Å²) in [6, 6.07) is 79.4. The normalized spacial score (nSPS) is 17.2. The fourth-order valence-corrected chi connectivity index (χ4v) is 23.3. The number of carboxylic acid groups (broad SMARTS) is 1. The SMILES string of the molecule is CC(C)(O)c1ccccc1CC[C@@H](SCC1(CC(=O)O)CC1)c1cccc(/C=C/c2ccc3ccc(Cl)cc3n2)c1.CC(C)(OC1CCCCO1)c1ccccc1CC[C@H](OS(C)(=O)=O)c1cccc(/C=C/c2ccc3ccc(Cl)cc3n2)c1.COC(=O)CC1(CS[C@H](CCc2ccccc2C(C)(C)OC2CCCCO2)c2cccc(/C=C/c3ccc4ccc(Cl)cc4n3)c2)CC1.COC(=O)CC1CC1CS.O=CO[O-].[Cs+].[Cs+].[H-]. The first kappa shape index (κ1) is 122. The van der Waals surface area contributed by atoms with Crippen molar-refractivity contribution in [1.29, 1.82) is 0 Å². The fourth-order valence-electron chi connectivity index (χ4n) is 18.6. The number of carboxylic acids is 1. The van der Waals surface area contributed by atoms with E-state index in [1.165, 1.54) is 36.5 Å². The van der Waals surface area contributed by atoms with Gasteiger partial charge in [-0.05, 0) is 325 Å². The number of carbonyl (C=O) groups is 4. The molecule has 3 saturated carbocycles. The average molecular weight is 2380 g/mol. The van der Waals surface area contributed by atoms with Gasteiger partial charge in [0.15, 0.2) is 12.6 Å². The number of nitrogens with zero attached hydrogens (tertiary/aromatic N) is 3. The minimum absolute atomic E-state index is 0. The quantitative estimate of drug-likeness (QED) is 0.00802. The second kappa shape index (κ2) is 59.2. The molecule has 5 heterocycles. The number of thiol groups is 1. The van der Waals surface area contributed by atoms with Gasteiger partial charge in [0.05, 0.1) is 83.8 Å². The number of esters is 2. The van der Waals surface area contributed by atoms with Crippen LogP contribution >= 0.6 is 71.0 Å². The maximum atomic E-state index is 12.3. The van der Waals surface area contributed by atoms with E-state index in [0.717, 1.165) is 227 Å². The standard InChI is InChI=1S/C41H46ClNO4S.C35H38ClNO5S.C35H36ClNO3S.C7H12O2S.CH2O3.2Cs.H/c1-40(2,47-39-13-6-7-24-46-39)35-12-5-4-10-30(35)17-21-37(48-28-41(22-23-41)27-38(44)45-3)32-11-8-9-29(25-32)14-19-34-20-16-31-15-18-33(42)26-36(31)43-34;1-35(2,41-34-13-6-7-22-40-34)31-12-5-4-10-26(31)17-21-33(42-43(3,38)39)28-11-8-9-25(23-28)14-19-30-20-16-27-15-18-29(36)24-32(27)37-30;1-34(2,40)30-9-4-3-7-25(30)13-17-32(41-23-35(18-19-35)22-33(38)39)27-8-5-6-24(20-27)10-15-29-16-12-26-11-14-28(36)21-31(26)37-29;1-9-7(8)3-5-2-6(5)4-10;2-1-4-3;;;/h4-5,8-12,14-16,18-20,25-26,37,39H,6-7,13,17,21-24,27-28H2,1-3H3;4-5,8-12,14-16,18-20,23-24,33-34H,6-7,13,17,21-22H2,1-3H3;3-12,14-16,20-21,32,40H,13,17-19,22-23H2,1-2H3,(H,38,39);5-6,10H,2-4H2,1H3;1,3H;;;/q;;;;;2*+1;-1/p-1/b2*19-14+;15-10+;;;;;/t37-,39?;33-,34?;32-;;;;;/m101...../s1. The van der Waals surface area contributed by atoms with Crippen LogP contribution in [0.15, 0.2) is 237 Å². The molecule has 2 aliphatic heterocycles. The molecule has 5 aliphatic rings. The first-order valence-electron chi connectivity index (χ1n) is 50.0. The molecular weight excluding hydrogens is 2240 g/mol. The molecule has 20 nitrogen and oxygen atoms in total. The van der Waals surface area contributed by atoms with Crippen molar-refractivity contribution in [2.75, 3.05) is 50.9 Å². The summed E-state index contributed by atoms with van der Waals surface area (Å²) in [6.45, 7) is 13.4. The van der Waals surface area contributed by atoms with Gasteiger partial charge in [-0.15, -0.1) is 0 Å². The number of hydrogen-bond donors (Lipinski definition) is 3. The van der Waals surface area contributed by atoms with Gasteiger partial charge >= 0.3 is 156 Å². The van der Waals surface area contributed by atoms with Crippen LogP contribution in [-0.2, 0) is 103 Å². The molecule has 148 heavy (non-hydrogen) atoms. The van der Waals surface area contributed by atoms with Crippen molar-refractivity contribution in [3.8, 4) is 0 Å². The fraction of sp³-hybridized carbons (Fsp3) is 0.387. The van der Waals surface area contributed by atoms with Gasteiger partial charge in [0.2, 0.25) is 0 Å². The summed E-state index contributed by atoms with van der Waals surface area (Å²) in [4.78, 5) is 59.9. The molecule has 9 aromatic carbocycles. The Hall–Kier alpha value is -6.00. The van der Waals surface area contributed by atoms with Crippen molar-refractivity contribution < 1.29 is 220 Å². The van der Waals surface area contributed by atoms with Crippen LogP contribution in [-0.4, -0.2) is 121 Å². The van der Waals surface area contributed by atoms with E-state index in [4.69, 9.17) is 87.7 Å². The number of fused-ring (bicyclic) bond motifs is 3.